The summed E-state index contributed by atoms with van der Waals surface area (Å²) in [7, 11) is -0.988. The molecule has 0 aliphatic carbocycles. The second-order valence-electron chi connectivity index (χ2n) is 2.53. The summed E-state index contributed by atoms with van der Waals surface area (Å²) >= 11 is 9.27. The molecule has 0 spiro atoms. The SMILES string of the molecule is ClP1(Br)=N[PH](Oc2ccccc2)=NP=N1. The van der Waals surface area contributed by atoms with Gasteiger partial charge in [0.2, 0.25) is 13.4 Å². The van der Waals surface area contributed by atoms with Crippen molar-refractivity contribution in [1.82, 2.24) is 0 Å². The summed E-state index contributed by atoms with van der Waals surface area (Å²) in [5, 5.41) is -2.18. The van der Waals surface area contributed by atoms with Gasteiger partial charge in [-0.1, -0.05) is 18.2 Å². The van der Waals surface area contributed by atoms with Crippen LogP contribution < -0.4 is 4.52 Å². The summed E-state index contributed by atoms with van der Waals surface area (Å²) in [6.45, 7) is 0. The van der Waals surface area contributed by atoms with Crippen LogP contribution in [0.15, 0.2) is 43.9 Å². The van der Waals surface area contributed by atoms with Crippen LogP contribution >= 0.6 is 48.6 Å². The average Bonchev–Trinajstić information content (AvgIpc) is 2.17. The largest absolute Gasteiger partial charge is 0.443 e. The number of nitrogens with zero attached hydrogens (tertiary/aromatic N) is 3. The molecule has 1 aliphatic rings. The zero-order valence-electron chi connectivity index (χ0n) is 7.29. The first kappa shape index (κ1) is 11.8. The predicted molar refractivity (Wildman–Crippen MR) is 71.3 cm³/mol. The topological polar surface area (TPSA) is 46.3 Å². The Morgan fingerprint density at radius 1 is 1.40 bits per heavy atom. The maximum atomic E-state index is 6.01. The van der Waals surface area contributed by atoms with Crippen molar-refractivity contribution in [1.29, 1.82) is 0 Å². The van der Waals surface area contributed by atoms with E-state index < -0.39 is 13.4 Å². The molecule has 0 aromatic heterocycles. The fraction of sp³-hybridized carbons (Fsp3) is 0. The van der Waals surface area contributed by atoms with Gasteiger partial charge in [0.25, 0.3) is 0 Å². The van der Waals surface area contributed by atoms with Gasteiger partial charge >= 0.3 is 0 Å². The zero-order valence-corrected chi connectivity index (χ0v) is 12.4. The third-order valence-corrected chi connectivity index (χ3v) is 9.72. The second kappa shape index (κ2) is 5.12. The number of rotatable bonds is 2. The summed E-state index contributed by atoms with van der Waals surface area (Å²) < 4.78 is 18.0. The lowest BCUT2D eigenvalue weighted by atomic mass is 10.3. The Morgan fingerprint density at radius 3 is 2.80 bits per heavy atom. The third kappa shape index (κ3) is 3.69. The van der Waals surface area contributed by atoms with Crippen molar-refractivity contribution in [2.24, 2.45) is 13.5 Å². The smallest absolute Gasteiger partial charge is 0.245 e. The molecule has 1 aromatic carbocycles. The van der Waals surface area contributed by atoms with Gasteiger partial charge in [0.1, 0.15) is 5.75 Å². The van der Waals surface area contributed by atoms with Gasteiger partial charge < -0.3 is 4.52 Å². The standard InChI is InChI=1S/C6H6BrClN3OP3/c7-15(8)10-13-9-14(11-15)12-6-4-2-1-3-5-6/h1-5,14H. The Bertz CT molecular complexity index is 472. The van der Waals surface area contributed by atoms with Crippen molar-refractivity contribution in [3.8, 4) is 5.75 Å². The van der Waals surface area contributed by atoms with E-state index in [1.807, 2.05) is 30.3 Å². The van der Waals surface area contributed by atoms with E-state index in [0.717, 1.165) is 5.75 Å². The fourth-order valence-corrected chi connectivity index (χ4v) is 7.28. The van der Waals surface area contributed by atoms with Crippen LogP contribution in [0.25, 0.3) is 0 Å². The zero-order chi connectivity index (χ0) is 10.7. The molecule has 4 nitrogen and oxygen atoms in total. The Kier molecular flexibility index (Phi) is 4.04. The molecular formula is C6H6BrClN3OP3. The molecule has 2 atom stereocenters. The molecule has 1 aliphatic heterocycles. The van der Waals surface area contributed by atoms with Crippen molar-refractivity contribution >= 4 is 48.6 Å². The first-order valence-electron chi connectivity index (χ1n) is 3.90. The molecular weight excluding hydrogens is 338 g/mol. The minimum atomic E-state index is -2.18. The molecule has 0 amide bonds. The number of hydrogen-bond donors (Lipinski definition) is 0. The van der Waals surface area contributed by atoms with Crippen molar-refractivity contribution in [2.45, 2.75) is 0 Å². The summed E-state index contributed by atoms with van der Waals surface area (Å²) in [6.07, 6.45) is 0. The summed E-state index contributed by atoms with van der Waals surface area (Å²) in [4.78, 5) is 0. The van der Waals surface area contributed by atoms with Gasteiger partial charge in [-0.15, -0.1) is 0 Å². The normalized spacial score (nSPS) is 30.1. The van der Waals surface area contributed by atoms with Crippen LogP contribution in [0.1, 0.15) is 0 Å². The first-order chi connectivity index (χ1) is 7.16. The maximum absolute atomic E-state index is 6.01. The number of para-hydroxylation sites is 1. The third-order valence-electron chi connectivity index (χ3n) is 1.44. The lowest BCUT2D eigenvalue weighted by Crippen LogP contribution is -1.77. The molecule has 15 heavy (non-hydrogen) atoms. The van der Waals surface area contributed by atoms with E-state index in [2.05, 4.69) is 29.0 Å². The number of benzene rings is 1. The van der Waals surface area contributed by atoms with Crippen LogP contribution in [0.4, 0.5) is 0 Å². The molecule has 9 heteroatoms. The molecule has 0 bridgehead atoms. The Morgan fingerprint density at radius 2 is 2.13 bits per heavy atom. The summed E-state index contributed by atoms with van der Waals surface area (Å²) in [5.74, 6) is 0.764. The Hall–Kier alpha value is 0.350. The highest BCUT2D eigenvalue weighted by molar-refractivity contribution is 9.43. The average molecular weight is 344 g/mol. The van der Waals surface area contributed by atoms with E-state index in [-0.39, 0.29) is 0 Å². The van der Waals surface area contributed by atoms with E-state index in [4.69, 9.17) is 15.8 Å². The Balaban J connectivity index is 2.19. The molecule has 2 unspecified atom stereocenters. The van der Waals surface area contributed by atoms with E-state index in [1.165, 1.54) is 0 Å². The van der Waals surface area contributed by atoms with Gasteiger partial charge in [-0.05, 0) is 23.4 Å². The lowest BCUT2D eigenvalue weighted by molar-refractivity contribution is 0.624. The molecule has 80 valence electrons. The second-order valence-corrected chi connectivity index (χ2v) is 12.3. The van der Waals surface area contributed by atoms with Crippen molar-refractivity contribution in [3.63, 3.8) is 0 Å². The molecule has 2 rings (SSSR count). The van der Waals surface area contributed by atoms with Crippen LogP contribution in [-0.2, 0) is 0 Å². The molecule has 0 N–H and O–H groups in total. The quantitative estimate of drug-likeness (QED) is 0.613. The molecule has 0 fully saturated rings. The van der Waals surface area contributed by atoms with Crippen molar-refractivity contribution in [2.75, 3.05) is 0 Å². The molecule has 1 aromatic rings. The molecule has 1 heterocycles. The van der Waals surface area contributed by atoms with E-state index >= 15 is 0 Å². The first-order valence-corrected chi connectivity index (χ1v) is 10.6. The Labute approximate surface area is 103 Å². The lowest BCUT2D eigenvalue weighted by Gasteiger charge is -2.10. The monoisotopic (exact) mass is 343 g/mol. The van der Waals surface area contributed by atoms with E-state index in [9.17, 15) is 0 Å². The molecule has 0 radical (unpaired) electrons. The van der Waals surface area contributed by atoms with Crippen molar-refractivity contribution in [3.05, 3.63) is 30.3 Å². The van der Waals surface area contributed by atoms with E-state index in [0.29, 0.717) is 8.52 Å². The summed E-state index contributed by atoms with van der Waals surface area (Å²) in [5.41, 5.74) is 0. The van der Waals surface area contributed by atoms with Gasteiger partial charge in [0.15, 0.2) is 8.52 Å². The minimum Gasteiger partial charge on any atom is -0.443 e. The van der Waals surface area contributed by atoms with Gasteiger partial charge in [0.05, 0.1) is 0 Å². The number of hydrogen-bond acceptors (Lipinski definition) is 4. The van der Waals surface area contributed by atoms with E-state index in [1.54, 1.807) is 0 Å². The van der Waals surface area contributed by atoms with Crippen LogP contribution in [0, 0.1) is 0 Å². The van der Waals surface area contributed by atoms with Gasteiger partial charge in [-0.3, -0.25) is 0 Å². The molecule has 0 saturated heterocycles. The predicted octanol–water partition coefficient (Wildman–Crippen LogP) is 5.93. The number of halogens is 2. The maximum Gasteiger partial charge on any atom is 0.245 e. The van der Waals surface area contributed by atoms with Crippen LogP contribution in [-0.4, -0.2) is 0 Å². The fourth-order valence-electron chi connectivity index (χ4n) is 0.884. The van der Waals surface area contributed by atoms with Gasteiger partial charge in [-0.2, -0.15) is 13.5 Å². The highest BCUT2D eigenvalue weighted by Gasteiger charge is 2.14. The highest BCUT2D eigenvalue weighted by atomic mass is 79.9. The minimum absolute atomic E-state index is 0.604. The van der Waals surface area contributed by atoms with Crippen LogP contribution in [0.5, 0.6) is 5.75 Å². The molecule has 0 saturated carbocycles. The van der Waals surface area contributed by atoms with Crippen LogP contribution in [0.2, 0.25) is 0 Å². The van der Waals surface area contributed by atoms with Gasteiger partial charge in [0, 0.05) is 15.5 Å². The highest BCUT2D eigenvalue weighted by Crippen LogP contribution is 2.71. The van der Waals surface area contributed by atoms with Gasteiger partial charge in [-0.25, -0.2) is 0 Å². The van der Waals surface area contributed by atoms with Crippen molar-refractivity contribution < 1.29 is 4.52 Å². The summed E-state index contributed by atoms with van der Waals surface area (Å²) in [6, 6.07) is 9.47. The van der Waals surface area contributed by atoms with Crippen LogP contribution in [0.3, 0.4) is 0 Å².